The number of nitrogens with one attached hydrogen (secondary N) is 1. The van der Waals surface area contributed by atoms with E-state index >= 15 is 0 Å². The Bertz CT molecular complexity index is 569. The highest BCUT2D eigenvalue weighted by Gasteiger charge is 2.10. The molecular weight excluding hydrogens is 230 g/mol. The van der Waals surface area contributed by atoms with Crippen molar-refractivity contribution >= 4 is 22.4 Å². The topological polar surface area (TPSA) is 77.2 Å². The quantitative estimate of drug-likeness (QED) is 0.626. The van der Waals surface area contributed by atoms with Crippen LogP contribution in [0.15, 0.2) is 30.5 Å². The molecule has 0 unspecified atom stereocenters. The number of nitrogen functional groups attached to an aromatic ring is 1. The molecule has 0 aliphatic heterocycles. The molecule has 0 atom stereocenters. The Labute approximate surface area is 105 Å². The SMILES string of the molecule is COCCNC(=O)c1nccc2cc(N)ccc12. The molecular formula is C13H15N3O2. The number of methoxy groups -OCH3 is 1. The third-order valence-corrected chi connectivity index (χ3v) is 2.60. The van der Waals surface area contributed by atoms with Gasteiger partial charge in [0.05, 0.1) is 6.61 Å². The number of nitrogens with two attached hydrogens (primary N) is 1. The van der Waals surface area contributed by atoms with Crippen LogP contribution in [0, 0.1) is 0 Å². The van der Waals surface area contributed by atoms with E-state index in [-0.39, 0.29) is 5.91 Å². The van der Waals surface area contributed by atoms with Crippen molar-refractivity contribution in [3.05, 3.63) is 36.2 Å². The fourth-order valence-corrected chi connectivity index (χ4v) is 1.73. The summed E-state index contributed by atoms with van der Waals surface area (Å²) in [6.45, 7) is 0.936. The summed E-state index contributed by atoms with van der Waals surface area (Å²) < 4.78 is 4.88. The molecule has 0 spiro atoms. The summed E-state index contributed by atoms with van der Waals surface area (Å²) >= 11 is 0. The summed E-state index contributed by atoms with van der Waals surface area (Å²) in [6, 6.07) is 7.22. The number of ether oxygens (including phenoxy) is 1. The Morgan fingerprint density at radius 3 is 3.06 bits per heavy atom. The van der Waals surface area contributed by atoms with Crippen molar-refractivity contribution in [3.63, 3.8) is 0 Å². The van der Waals surface area contributed by atoms with Crippen molar-refractivity contribution in [2.24, 2.45) is 0 Å². The van der Waals surface area contributed by atoms with Crippen LogP contribution in [0.25, 0.3) is 10.8 Å². The maximum Gasteiger partial charge on any atom is 0.270 e. The Morgan fingerprint density at radius 1 is 1.44 bits per heavy atom. The van der Waals surface area contributed by atoms with Gasteiger partial charge in [0.1, 0.15) is 5.69 Å². The highest BCUT2D eigenvalue weighted by molar-refractivity contribution is 6.05. The molecule has 3 N–H and O–H groups in total. The van der Waals surface area contributed by atoms with Crippen LogP contribution in [0.5, 0.6) is 0 Å². The van der Waals surface area contributed by atoms with E-state index in [1.807, 2.05) is 18.2 Å². The van der Waals surface area contributed by atoms with Crippen molar-refractivity contribution in [2.45, 2.75) is 0 Å². The molecule has 2 aromatic rings. The van der Waals surface area contributed by atoms with Crippen LogP contribution in [0.4, 0.5) is 5.69 Å². The number of hydrogen-bond donors (Lipinski definition) is 2. The minimum Gasteiger partial charge on any atom is -0.399 e. The van der Waals surface area contributed by atoms with Gasteiger partial charge in [0, 0.05) is 30.9 Å². The second-order valence-corrected chi connectivity index (χ2v) is 3.89. The highest BCUT2D eigenvalue weighted by atomic mass is 16.5. The fraction of sp³-hybridized carbons (Fsp3) is 0.231. The zero-order valence-corrected chi connectivity index (χ0v) is 10.1. The normalized spacial score (nSPS) is 10.5. The zero-order valence-electron chi connectivity index (χ0n) is 10.1. The van der Waals surface area contributed by atoms with E-state index < -0.39 is 0 Å². The van der Waals surface area contributed by atoms with Crippen molar-refractivity contribution in [1.29, 1.82) is 0 Å². The predicted molar refractivity (Wildman–Crippen MR) is 70.4 cm³/mol. The molecule has 18 heavy (non-hydrogen) atoms. The van der Waals surface area contributed by atoms with Crippen molar-refractivity contribution in [3.8, 4) is 0 Å². The Kier molecular flexibility index (Phi) is 3.74. The minimum atomic E-state index is -0.206. The summed E-state index contributed by atoms with van der Waals surface area (Å²) in [7, 11) is 1.59. The lowest BCUT2D eigenvalue weighted by molar-refractivity contribution is 0.0934. The van der Waals surface area contributed by atoms with E-state index in [1.165, 1.54) is 0 Å². The second-order valence-electron chi connectivity index (χ2n) is 3.89. The number of anilines is 1. The van der Waals surface area contributed by atoms with E-state index in [9.17, 15) is 4.79 Å². The molecule has 1 aromatic heterocycles. The summed E-state index contributed by atoms with van der Waals surface area (Å²) in [4.78, 5) is 16.1. The van der Waals surface area contributed by atoms with Crippen LogP contribution in [-0.2, 0) is 4.74 Å². The smallest absolute Gasteiger partial charge is 0.270 e. The van der Waals surface area contributed by atoms with Crippen LogP contribution in [0.3, 0.4) is 0 Å². The van der Waals surface area contributed by atoms with Gasteiger partial charge in [0.15, 0.2) is 0 Å². The van der Waals surface area contributed by atoms with Gasteiger partial charge < -0.3 is 15.8 Å². The van der Waals surface area contributed by atoms with Gasteiger partial charge in [-0.15, -0.1) is 0 Å². The van der Waals surface area contributed by atoms with Crippen molar-refractivity contribution < 1.29 is 9.53 Å². The van der Waals surface area contributed by atoms with E-state index in [0.29, 0.717) is 24.5 Å². The van der Waals surface area contributed by atoms with Gasteiger partial charge in [0.2, 0.25) is 0 Å². The first-order valence-electron chi connectivity index (χ1n) is 5.64. The number of carbonyl (C=O) groups is 1. The highest BCUT2D eigenvalue weighted by Crippen LogP contribution is 2.19. The molecule has 1 aromatic carbocycles. The largest absolute Gasteiger partial charge is 0.399 e. The lowest BCUT2D eigenvalue weighted by atomic mass is 10.1. The summed E-state index contributed by atoms with van der Waals surface area (Å²) in [6.07, 6.45) is 1.60. The predicted octanol–water partition coefficient (Wildman–Crippen LogP) is 1.19. The van der Waals surface area contributed by atoms with Gasteiger partial charge in [-0.2, -0.15) is 0 Å². The van der Waals surface area contributed by atoms with Gasteiger partial charge in [-0.05, 0) is 29.7 Å². The Hall–Kier alpha value is -2.14. The van der Waals surface area contributed by atoms with Gasteiger partial charge in [-0.25, -0.2) is 0 Å². The number of hydrogen-bond acceptors (Lipinski definition) is 4. The number of carbonyl (C=O) groups excluding carboxylic acids is 1. The lowest BCUT2D eigenvalue weighted by Gasteiger charge is -2.07. The maximum atomic E-state index is 12.0. The molecule has 0 fully saturated rings. The molecule has 0 bridgehead atoms. The lowest BCUT2D eigenvalue weighted by Crippen LogP contribution is -2.27. The fourth-order valence-electron chi connectivity index (χ4n) is 1.73. The maximum absolute atomic E-state index is 12.0. The molecule has 1 amide bonds. The molecule has 0 saturated heterocycles. The molecule has 94 valence electrons. The van der Waals surface area contributed by atoms with Gasteiger partial charge in [-0.1, -0.05) is 0 Å². The van der Waals surface area contributed by atoms with Crippen LogP contribution in [-0.4, -0.2) is 31.2 Å². The number of pyridine rings is 1. The molecule has 2 rings (SSSR count). The number of rotatable bonds is 4. The summed E-state index contributed by atoms with van der Waals surface area (Å²) in [5, 5.41) is 4.45. The van der Waals surface area contributed by atoms with Gasteiger partial charge in [0.25, 0.3) is 5.91 Å². The molecule has 5 heteroatoms. The standard InChI is InChI=1S/C13H15N3O2/c1-18-7-6-16-13(17)12-11-3-2-10(14)8-9(11)4-5-15-12/h2-5,8H,6-7,14H2,1H3,(H,16,17). The van der Waals surface area contributed by atoms with Gasteiger partial charge >= 0.3 is 0 Å². The van der Waals surface area contributed by atoms with E-state index in [2.05, 4.69) is 10.3 Å². The molecule has 0 radical (unpaired) electrons. The number of benzene rings is 1. The van der Waals surface area contributed by atoms with Crippen LogP contribution in [0.1, 0.15) is 10.5 Å². The summed E-state index contributed by atoms with van der Waals surface area (Å²) in [5.74, 6) is -0.206. The Morgan fingerprint density at radius 2 is 2.28 bits per heavy atom. The minimum absolute atomic E-state index is 0.206. The van der Waals surface area contributed by atoms with Gasteiger partial charge in [-0.3, -0.25) is 9.78 Å². The third kappa shape index (κ3) is 2.57. The van der Waals surface area contributed by atoms with Crippen LogP contribution in [0.2, 0.25) is 0 Å². The number of nitrogens with zero attached hydrogens (tertiary/aromatic N) is 1. The van der Waals surface area contributed by atoms with E-state index in [4.69, 9.17) is 10.5 Å². The summed E-state index contributed by atoms with van der Waals surface area (Å²) in [5.41, 5.74) is 6.78. The van der Waals surface area contributed by atoms with E-state index in [0.717, 1.165) is 10.8 Å². The monoisotopic (exact) mass is 245 g/mol. The molecule has 0 saturated carbocycles. The first-order chi connectivity index (χ1) is 8.72. The third-order valence-electron chi connectivity index (χ3n) is 2.60. The molecule has 0 aliphatic rings. The molecule has 0 aliphatic carbocycles. The zero-order chi connectivity index (χ0) is 13.0. The second kappa shape index (κ2) is 5.46. The average Bonchev–Trinajstić information content (AvgIpc) is 2.37. The molecule has 1 heterocycles. The van der Waals surface area contributed by atoms with Crippen molar-refractivity contribution in [1.82, 2.24) is 10.3 Å². The van der Waals surface area contributed by atoms with E-state index in [1.54, 1.807) is 19.4 Å². The number of fused-ring (bicyclic) bond motifs is 1. The van der Waals surface area contributed by atoms with Crippen LogP contribution >= 0.6 is 0 Å². The Balaban J connectivity index is 2.30. The van der Waals surface area contributed by atoms with Crippen molar-refractivity contribution in [2.75, 3.05) is 26.0 Å². The first kappa shape index (κ1) is 12.3. The van der Waals surface area contributed by atoms with Crippen LogP contribution < -0.4 is 11.1 Å². The first-order valence-corrected chi connectivity index (χ1v) is 5.64. The molecule has 5 nitrogen and oxygen atoms in total. The number of aromatic nitrogens is 1. The average molecular weight is 245 g/mol. The number of amides is 1.